The van der Waals surface area contributed by atoms with E-state index in [-0.39, 0.29) is 0 Å². The van der Waals surface area contributed by atoms with E-state index in [0.717, 1.165) is 38.7 Å². The molecule has 0 bridgehead atoms. The number of rotatable bonds is 5. The second-order valence-corrected chi connectivity index (χ2v) is 7.13. The number of halogens is 1. The van der Waals surface area contributed by atoms with Gasteiger partial charge in [0, 0.05) is 30.1 Å². The first-order valence-corrected chi connectivity index (χ1v) is 8.86. The van der Waals surface area contributed by atoms with E-state index in [9.17, 15) is 0 Å². The van der Waals surface area contributed by atoms with Crippen LogP contribution in [0.3, 0.4) is 0 Å². The van der Waals surface area contributed by atoms with Crippen molar-refractivity contribution < 1.29 is 4.74 Å². The lowest BCUT2D eigenvalue weighted by Crippen LogP contribution is -2.50. The van der Waals surface area contributed by atoms with E-state index in [1.165, 1.54) is 22.9 Å². The molecular formula is C17H25BrN2O. The molecule has 1 unspecified atom stereocenters. The molecule has 3 nitrogen and oxygen atoms in total. The summed E-state index contributed by atoms with van der Waals surface area (Å²) in [5.74, 6) is 0.722. The average molecular weight is 353 g/mol. The molecule has 3 rings (SSSR count). The van der Waals surface area contributed by atoms with Gasteiger partial charge in [0.15, 0.2) is 0 Å². The van der Waals surface area contributed by atoms with E-state index in [0.29, 0.717) is 12.1 Å². The summed E-state index contributed by atoms with van der Waals surface area (Å²) in [6, 6.07) is 9.39. The molecule has 1 atom stereocenters. The van der Waals surface area contributed by atoms with Crippen LogP contribution in [0.2, 0.25) is 0 Å². The van der Waals surface area contributed by atoms with Crippen molar-refractivity contribution in [2.75, 3.05) is 32.8 Å². The van der Waals surface area contributed by atoms with Crippen LogP contribution in [0.1, 0.15) is 31.2 Å². The minimum absolute atomic E-state index is 0.364. The summed E-state index contributed by atoms with van der Waals surface area (Å²) < 4.78 is 7.03. The second-order valence-electron chi connectivity index (χ2n) is 6.21. The third kappa shape index (κ3) is 4.07. The van der Waals surface area contributed by atoms with E-state index in [4.69, 9.17) is 4.74 Å². The van der Waals surface area contributed by atoms with Crippen molar-refractivity contribution in [2.45, 2.75) is 37.8 Å². The molecule has 116 valence electrons. The fraction of sp³-hybridized carbons (Fsp3) is 0.647. The first-order valence-electron chi connectivity index (χ1n) is 8.07. The molecule has 1 saturated carbocycles. The van der Waals surface area contributed by atoms with Gasteiger partial charge in [0.25, 0.3) is 0 Å². The highest BCUT2D eigenvalue weighted by Crippen LogP contribution is 2.37. The molecule has 1 heterocycles. The largest absolute Gasteiger partial charge is 0.374 e. The van der Waals surface area contributed by atoms with E-state index in [2.05, 4.69) is 57.3 Å². The zero-order valence-electron chi connectivity index (χ0n) is 12.7. The quantitative estimate of drug-likeness (QED) is 0.881. The van der Waals surface area contributed by atoms with Crippen LogP contribution in [-0.2, 0) is 4.74 Å². The fourth-order valence-corrected chi connectivity index (χ4v) is 3.72. The Labute approximate surface area is 136 Å². The Balaban J connectivity index is 1.39. The molecule has 1 aliphatic heterocycles. The van der Waals surface area contributed by atoms with Crippen molar-refractivity contribution >= 4 is 15.9 Å². The van der Waals surface area contributed by atoms with Crippen molar-refractivity contribution in [3.63, 3.8) is 0 Å². The minimum Gasteiger partial charge on any atom is -0.374 e. The predicted octanol–water partition coefficient (Wildman–Crippen LogP) is 3.01. The van der Waals surface area contributed by atoms with Gasteiger partial charge in [0.2, 0.25) is 0 Å². The molecule has 2 fully saturated rings. The van der Waals surface area contributed by atoms with Gasteiger partial charge in [-0.2, -0.15) is 0 Å². The number of hydrogen-bond acceptors (Lipinski definition) is 3. The van der Waals surface area contributed by atoms with Gasteiger partial charge in [-0.05, 0) is 43.0 Å². The van der Waals surface area contributed by atoms with Crippen LogP contribution in [0.25, 0.3) is 0 Å². The number of ether oxygens (including phenoxy) is 1. The summed E-state index contributed by atoms with van der Waals surface area (Å²) in [7, 11) is 0. The lowest BCUT2D eigenvalue weighted by Gasteiger charge is -2.38. The lowest BCUT2D eigenvalue weighted by atomic mass is 9.76. The maximum atomic E-state index is 5.85. The first-order chi connectivity index (χ1) is 10.2. The van der Waals surface area contributed by atoms with Gasteiger partial charge in [-0.15, -0.1) is 0 Å². The van der Waals surface area contributed by atoms with Crippen molar-refractivity contribution in [3.8, 4) is 0 Å². The van der Waals surface area contributed by atoms with Crippen molar-refractivity contribution in [3.05, 3.63) is 34.3 Å². The summed E-state index contributed by atoms with van der Waals surface area (Å²) >= 11 is 3.56. The first kappa shape index (κ1) is 15.5. The van der Waals surface area contributed by atoms with Crippen molar-refractivity contribution in [2.24, 2.45) is 0 Å². The molecule has 2 aliphatic rings. The highest BCUT2D eigenvalue weighted by molar-refractivity contribution is 9.10. The Hall–Kier alpha value is -0.420. The molecule has 0 radical (unpaired) electrons. The van der Waals surface area contributed by atoms with Crippen LogP contribution in [-0.4, -0.2) is 49.8 Å². The smallest absolute Gasteiger partial charge is 0.0826 e. The number of morpholine rings is 1. The molecule has 0 amide bonds. The topological polar surface area (TPSA) is 24.5 Å². The lowest BCUT2D eigenvalue weighted by molar-refractivity contribution is -0.0276. The highest BCUT2D eigenvalue weighted by Gasteiger charge is 2.31. The molecule has 1 aromatic carbocycles. The van der Waals surface area contributed by atoms with Crippen LogP contribution in [0.5, 0.6) is 0 Å². The van der Waals surface area contributed by atoms with E-state index >= 15 is 0 Å². The van der Waals surface area contributed by atoms with E-state index in [1.807, 2.05) is 0 Å². The molecule has 21 heavy (non-hydrogen) atoms. The van der Waals surface area contributed by atoms with Crippen LogP contribution in [0.15, 0.2) is 28.7 Å². The Bertz CT molecular complexity index is 462. The van der Waals surface area contributed by atoms with Gasteiger partial charge in [-0.1, -0.05) is 35.0 Å². The standard InChI is InChI=1S/C17H25BrN2O/c1-2-20-6-7-21-17(12-20)11-19-16-9-14(10-16)13-4-3-5-15(18)8-13/h3-5,8,14,16-17,19H,2,6-7,9-12H2,1H3. The zero-order chi connectivity index (χ0) is 14.7. The Morgan fingerprint density at radius 1 is 1.38 bits per heavy atom. The number of hydrogen-bond donors (Lipinski definition) is 1. The number of nitrogens with one attached hydrogen (secondary N) is 1. The number of likely N-dealkylation sites (N-methyl/N-ethyl adjacent to an activating group) is 1. The molecular weight excluding hydrogens is 328 g/mol. The summed E-state index contributed by atoms with van der Waals surface area (Å²) in [5.41, 5.74) is 1.47. The third-order valence-electron chi connectivity index (χ3n) is 4.76. The second kappa shape index (κ2) is 7.23. The average Bonchev–Trinajstić information content (AvgIpc) is 2.46. The Morgan fingerprint density at radius 3 is 3.00 bits per heavy atom. The van der Waals surface area contributed by atoms with Crippen LogP contribution >= 0.6 is 15.9 Å². The van der Waals surface area contributed by atoms with Gasteiger partial charge >= 0.3 is 0 Å². The summed E-state index contributed by atoms with van der Waals surface area (Å²) in [4.78, 5) is 2.47. The summed E-state index contributed by atoms with van der Waals surface area (Å²) in [6.07, 6.45) is 2.87. The summed E-state index contributed by atoms with van der Waals surface area (Å²) in [6.45, 7) is 7.39. The van der Waals surface area contributed by atoms with Crippen molar-refractivity contribution in [1.29, 1.82) is 0 Å². The molecule has 1 saturated heterocycles. The molecule has 1 aliphatic carbocycles. The summed E-state index contributed by atoms with van der Waals surface area (Å²) in [5, 5.41) is 3.68. The Morgan fingerprint density at radius 2 is 2.24 bits per heavy atom. The monoisotopic (exact) mass is 352 g/mol. The predicted molar refractivity (Wildman–Crippen MR) is 89.8 cm³/mol. The SMILES string of the molecule is CCN1CCOC(CNC2CC(c3cccc(Br)c3)C2)C1. The number of nitrogens with zero attached hydrogens (tertiary/aromatic N) is 1. The van der Waals surface area contributed by atoms with Gasteiger partial charge < -0.3 is 10.1 Å². The molecule has 4 heteroatoms. The van der Waals surface area contributed by atoms with E-state index in [1.54, 1.807) is 0 Å². The normalized spacial score (nSPS) is 30.1. The Kier molecular flexibility index (Phi) is 5.33. The zero-order valence-corrected chi connectivity index (χ0v) is 14.3. The molecule has 0 spiro atoms. The van der Waals surface area contributed by atoms with Gasteiger partial charge in [0.1, 0.15) is 0 Å². The minimum atomic E-state index is 0.364. The van der Waals surface area contributed by atoms with Gasteiger partial charge in [0.05, 0.1) is 12.7 Å². The van der Waals surface area contributed by atoms with Crippen molar-refractivity contribution in [1.82, 2.24) is 10.2 Å². The molecule has 1 N–H and O–H groups in total. The highest BCUT2D eigenvalue weighted by atomic mass is 79.9. The maximum absolute atomic E-state index is 5.85. The van der Waals surface area contributed by atoms with Crippen LogP contribution in [0.4, 0.5) is 0 Å². The fourth-order valence-electron chi connectivity index (χ4n) is 3.31. The third-order valence-corrected chi connectivity index (χ3v) is 5.26. The molecule has 1 aromatic rings. The molecule has 0 aromatic heterocycles. The maximum Gasteiger partial charge on any atom is 0.0826 e. The number of benzene rings is 1. The van der Waals surface area contributed by atoms with Crippen LogP contribution in [0, 0.1) is 0 Å². The van der Waals surface area contributed by atoms with E-state index < -0.39 is 0 Å². The van der Waals surface area contributed by atoms with Gasteiger partial charge in [-0.3, -0.25) is 4.90 Å². The van der Waals surface area contributed by atoms with Crippen LogP contribution < -0.4 is 5.32 Å². The van der Waals surface area contributed by atoms with Gasteiger partial charge in [-0.25, -0.2) is 0 Å².